The van der Waals surface area contributed by atoms with Gasteiger partial charge in [0.25, 0.3) is 0 Å². The molecule has 1 aromatic carbocycles. The summed E-state index contributed by atoms with van der Waals surface area (Å²) in [4.78, 5) is 2.21. The van der Waals surface area contributed by atoms with Crippen LogP contribution in [0.3, 0.4) is 0 Å². The number of nitrogens with two attached hydrogens (primary N) is 1. The average Bonchev–Trinajstić information content (AvgIpc) is 2.20. The number of hydrogen-bond acceptors (Lipinski definition) is 2. The molecule has 0 amide bonds. The summed E-state index contributed by atoms with van der Waals surface area (Å²) in [5.41, 5.74) is 7.60. The SMILES string of the molecule is CCN(CC(C)C)c1cc(Cl)c(Cl)cc1N. The van der Waals surface area contributed by atoms with E-state index in [4.69, 9.17) is 28.9 Å². The Bertz CT molecular complexity index is 364. The van der Waals surface area contributed by atoms with Gasteiger partial charge >= 0.3 is 0 Å². The average molecular weight is 261 g/mol. The number of anilines is 2. The van der Waals surface area contributed by atoms with E-state index in [9.17, 15) is 0 Å². The number of nitrogens with zero attached hydrogens (tertiary/aromatic N) is 1. The topological polar surface area (TPSA) is 29.3 Å². The Labute approximate surface area is 107 Å². The summed E-state index contributed by atoms with van der Waals surface area (Å²) in [6.07, 6.45) is 0. The van der Waals surface area contributed by atoms with Gasteiger partial charge in [0.2, 0.25) is 0 Å². The largest absolute Gasteiger partial charge is 0.397 e. The van der Waals surface area contributed by atoms with Crippen molar-refractivity contribution in [2.24, 2.45) is 5.92 Å². The lowest BCUT2D eigenvalue weighted by Gasteiger charge is -2.26. The predicted octanol–water partition coefficient (Wildman–Crippen LogP) is 4.06. The first kappa shape index (κ1) is 13.5. The molecule has 16 heavy (non-hydrogen) atoms. The second kappa shape index (κ2) is 5.65. The molecule has 0 fully saturated rings. The minimum Gasteiger partial charge on any atom is -0.397 e. The monoisotopic (exact) mass is 260 g/mol. The molecule has 0 radical (unpaired) electrons. The minimum absolute atomic E-state index is 0.503. The molecular formula is C12H18Cl2N2. The Balaban J connectivity index is 3.05. The zero-order chi connectivity index (χ0) is 12.3. The maximum atomic E-state index is 6.01. The predicted molar refractivity (Wildman–Crippen MR) is 73.6 cm³/mol. The summed E-state index contributed by atoms with van der Waals surface area (Å²) in [6.45, 7) is 8.32. The quantitative estimate of drug-likeness (QED) is 0.828. The Morgan fingerprint density at radius 2 is 1.81 bits per heavy atom. The molecule has 0 aliphatic heterocycles. The number of nitrogen functional groups attached to an aromatic ring is 1. The first-order chi connectivity index (χ1) is 7.45. The lowest BCUT2D eigenvalue weighted by atomic mass is 10.1. The Morgan fingerprint density at radius 1 is 1.25 bits per heavy atom. The number of halogens is 2. The van der Waals surface area contributed by atoms with Gasteiger partial charge in [-0.05, 0) is 25.0 Å². The van der Waals surface area contributed by atoms with Crippen LogP contribution in [0.4, 0.5) is 11.4 Å². The highest BCUT2D eigenvalue weighted by Gasteiger charge is 2.12. The first-order valence-electron chi connectivity index (χ1n) is 5.45. The van der Waals surface area contributed by atoms with Gasteiger partial charge in [-0.2, -0.15) is 0 Å². The van der Waals surface area contributed by atoms with Crippen molar-refractivity contribution in [1.29, 1.82) is 0 Å². The van der Waals surface area contributed by atoms with Crippen LogP contribution in [-0.4, -0.2) is 13.1 Å². The van der Waals surface area contributed by atoms with E-state index in [1.165, 1.54) is 0 Å². The van der Waals surface area contributed by atoms with Crippen molar-refractivity contribution in [2.45, 2.75) is 20.8 Å². The standard InChI is InChI=1S/C12H18Cl2N2/c1-4-16(7-8(2)3)12-6-10(14)9(13)5-11(12)15/h5-6,8H,4,7,15H2,1-3H3. The van der Waals surface area contributed by atoms with Crippen LogP contribution in [0.2, 0.25) is 10.0 Å². The molecule has 4 heteroatoms. The van der Waals surface area contributed by atoms with E-state index in [0.29, 0.717) is 21.7 Å². The molecule has 0 unspecified atom stereocenters. The number of benzene rings is 1. The van der Waals surface area contributed by atoms with Crippen molar-refractivity contribution in [2.75, 3.05) is 23.7 Å². The molecule has 0 bridgehead atoms. The maximum absolute atomic E-state index is 6.01. The molecule has 0 atom stereocenters. The van der Waals surface area contributed by atoms with Gasteiger partial charge in [-0.25, -0.2) is 0 Å². The Hall–Kier alpha value is -0.600. The van der Waals surface area contributed by atoms with E-state index in [1.54, 1.807) is 6.07 Å². The number of hydrogen-bond donors (Lipinski definition) is 1. The minimum atomic E-state index is 0.503. The summed E-state index contributed by atoms with van der Waals surface area (Å²) in [5.74, 6) is 0.578. The van der Waals surface area contributed by atoms with Gasteiger partial charge in [-0.1, -0.05) is 37.0 Å². The van der Waals surface area contributed by atoms with Crippen molar-refractivity contribution >= 4 is 34.6 Å². The van der Waals surface area contributed by atoms with E-state index in [0.717, 1.165) is 18.8 Å². The Kier molecular flexibility index (Phi) is 4.75. The summed E-state index contributed by atoms with van der Waals surface area (Å²) < 4.78 is 0. The third-order valence-corrected chi connectivity index (χ3v) is 3.10. The fourth-order valence-electron chi connectivity index (χ4n) is 1.66. The third kappa shape index (κ3) is 3.19. The molecule has 1 aromatic rings. The fourth-order valence-corrected chi connectivity index (χ4v) is 1.99. The van der Waals surface area contributed by atoms with Gasteiger partial charge in [0.05, 0.1) is 21.4 Å². The van der Waals surface area contributed by atoms with E-state index < -0.39 is 0 Å². The van der Waals surface area contributed by atoms with Crippen molar-refractivity contribution in [3.05, 3.63) is 22.2 Å². The lowest BCUT2D eigenvalue weighted by Crippen LogP contribution is -2.27. The van der Waals surface area contributed by atoms with Gasteiger partial charge in [-0.15, -0.1) is 0 Å². The van der Waals surface area contributed by atoms with Crippen LogP contribution in [0.1, 0.15) is 20.8 Å². The van der Waals surface area contributed by atoms with Crippen molar-refractivity contribution in [3.8, 4) is 0 Å². The van der Waals surface area contributed by atoms with E-state index in [2.05, 4.69) is 25.7 Å². The van der Waals surface area contributed by atoms with E-state index >= 15 is 0 Å². The van der Waals surface area contributed by atoms with Crippen molar-refractivity contribution in [1.82, 2.24) is 0 Å². The van der Waals surface area contributed by atoms with Crippen LogP contribution >= 0.6 is 23.2 Å². The zero-order valence-corrected chi connectivity index (χ0v) is 11.4. The second-order valence-electron chi connectivity index (χ2n) is 4.26. The van der Waals surface area contributed by atoms with Crippen LogP contribution in [0.5, 0.6) is 0 Å². The summed E-state index contributed by atoms with van der Waals surface area (Å²) in [7, 11) is 0. The molecular weight excluding hydrogens is 243 g/mol. The Morgan fingerprint density at radius 3 is 2.31 bits per heavy atom. The molecule has 0 aliphatic rings. The smallest absolute Gasteiger partial charge is 0.0615 e. The third-order valence-electron chi connectivity index (χ3n) is 2.38. The van der Waals surface area contributed by atoms with E-state index in [-0.39, 0.29) is 0 Å². The van der Waals surface area contributed by atoms with Crippen molar-refractivity contribution < 1.29 is 0 Å². The van der Waals surface area contributed by atoms with Gasteiger partial charge in [-0.3, -0.25) is 0 Å². The number of rotatable bonds is 4. The molecule has 90 valence electrons. The van der Waals surface area contributed by atoms with Crippen LogP contribution in [0.15, 0.2) is 12.1 Å². The summed E-state index contributed by atoms with van der Waals surface area (Å²) >= 11 is 11.9. The molecule has 1 rings (SSSR count). The highest BCUT2D eigenvalue weighted by Crippen LogP contribution is 2.33. The summed E-state index contributed by atoms with van der Waals surface area (Å²) in [6, 6.07) is 3.55. The molecule has 0 saturated heterocycles. The summed E-state index contributed by atoms with van der Waals surface area (Å²) in [5, 5.41) is 1.05. The van der Waals surface area contributed by atoms with Crippen LogP contribution in [0, 0.1) is 5.92 Å². The normalized spacial score (nSPS) is 10.9. The van der Waals surface area contributed by atoms with E-state index in [1.807, 2.05) is 6.07 Å². The molecule has 2 nitrogen and oxygen atoms in total. The molecule has 0 aromatic heterocycles. The molecule has 0 aliphatic carbocycles. The second-order valence-corrected chi connectivity index (χ2v) is 5.07. The highest BCUT2D eigenvalue weighted by atomic mass is 35.5. The fraction of sp³-hybridized carbons (Fsp3) is 0.500. The van der Waals surface area contributed by atoms with Crippen LogP contribution in [0.25, 0.3) is 0 Å². The van der Waals surface area contributed by atoms with Crippen molar-refractivity contribution in [3.63, 3.8) is 0 Å². The molecule has 0 saturated carbocycles. The zero-order valence-electron chi connectivity index (χ0n) is 9.93. The lowest BCUT2D eigenvalue weighted by molar-refractivity contribution is 0.619. The van der Waals surface area contributed by atoms with Gasteiger partial charge < -0.3 is 10.6 Å². The van der Waals surface area contributed by atoms with Gasteiger partial charge in [0, 0.05) is 13.1 Å². The maximum Gasteiger partial charge on any atom is 0.0615 e. The van der Waals surface area contributed by atoms with Gasteiger partial charge in [0.15, 0.2) is 0 Å². The molecule has 0 spiro atoms. The van der Waals surface area contributed by atoms with Crippen LogP contribution < -0.4 is 10.6 Å². The first-order valence-corrected chi connectivity index (χ1v) is 6.20. The van der Waals surface area contributed by atoms with Gasteiger partial charge in [0.1, 0.15) is 0 Å². The highest BCUT2D eigenvalue weighted by molar-refractivity contribution is 6.42. The molecule has 2 N–H and O–H groups in total. The van der Waals surface area contributed by atoms with Crippen LogP contribution in [-0.2, 0) is 0 Å². The molecule has 0 heterocycles.